The van der Waals surface area contributed by atoms with Gasteiger partial charge in [0.1, 0.15) is 11.6 Å². The Balaban J connectivity index is 2.51. The summed E-state index contributed by atoms with van der Waals surface area (Å²) in [7, 11) is 0. The number of anilines is 2. The Hall–Kier alpha value is -2.31. The molecule has 0 saturated heterocycles. The zero-order valence-corrected chi connectivity index (χ0v) is 9.47. The molecule has 0 amide bonds. The molecule has 2 heterocycles. The van der Waals surface area contributed by atoms with Crippen molar-refractivity contribution >= 4 is 11.6 Å². The summed E-state index contributed by atoms with van der Waals surface area (Å²) >= 11 is 0. The molecule has 0 aliphatic heterocycles. The van der Waals surface area contributed by atoms with Gasteiger partial charge < -0.3 is 11.5 Å². The van der Waals surface area contributed by atoms with Crippen LogP contribution < -0.4 is 17.0 Å². The third-order valence-corrected chi connectivity index (χ3v) is 2.24. The smallest absolute Gasteiger partial charge is 0.252 e. The average Bonchev–Trinajstić information content (AvgIpc) is 2.57. The number of nitrogens with one attached hydrogen (secondary N) is 1. The van der Waals surface area contributed by atoms with Crippen LogP contribution in [-0.2, 0) is 6.42 Å². The number of H-pyrrole nitrogens is 1. The summed E-state index contributed by atoms with van der Waals surface area (Å²) in [6, 6.07) is 2.97. The summed E-state index contributed by atoms with van der Waals surface area (Å²) in [4.78, 5) is 18.3. The Morgan fingerprint density at radius 3 is 2.76 bits per heavy atom. The minimum Gasteiger partial charge on any atom is -0.383 e. The highest BCUT2D eigenvalue weighted by Crippen LogP contribution is 2.11. The lowest BCUT2D eigenvalue weighted by molar-refractivity contribution is 0.782. The first-order valence-corrected chi connectivity index (χ1v) is 5.31. The highest BCUT2D eigenvalue weighted by atomic mass is 16.1. The summed E-state index contributed by atoms with van der Waals surface area (Å²) in [6.07, 6.45) is 1.64. The summed E-state index contributed by atoms with van der Waals surface area (Å²) in [5.41, 5.74) is 11.7. The van der Waals surface area contributed by atoms with E-state index in [1.807, 2.05) is 6.92 Å². The van der Waals surface area contributed by atoms with Crippen molar-refractivity contribution in [3.8, 4) is 5.95 Å². The first kappa shape index (κ1) is 11.2. The van der Waals surface area contributed by atoms with Crippen LogP contribution >= 0.6 is 0 Å². The van der Waals surface area contributed by atoms with E-state index in [1.165, 1.54) is 16.8 Å². The Morgan fingerprint density at radius 2 is 2.18 bits per heavy atom. The maximum atomic E-state index is 11.5. The van der Waals surface area contributed by atoms with Crippen molar-refractivity contribution in [2.75, 3.05) is 11.5 Å². The Morgan fingerprint density at radius 1 is 1.41 bits per heavy atom. The third-order valence-electron chi connectivity index (χ3n) is 2.24. The number of nitrogens with zero attached hydrogens (tertiary/aromatic N) is 3. The predicted molar refractivity (Wildman–Crippen MR) is 64.8 cm³/mol. The number of hydrogen-bond acceptors (Lipinski definition) is 5. The van der Waals surface area contributed by atoms with Crippen molar-refractivity contribution < 1.29 is 0 Å². The summed E-state index contributed by atoms with van der Waals surface area (Å²) in [5.74, 6) is 0.903. The van der Waals surface area contributed by atoms with Gasteiger partial charge in [-0.1, -0.05) is 13.3 Å². The number of nitrogen functional groups attached to an aromatic ring is 2. The van der Waals surface area contributed by atoms with Gasteiger partial charge in [0.25, 0.3) is 5.56 Å². The molecule has 17 heavy (non-hydrogen) atoms. The van der Waals surface area contributed by atoms with Crippen LogP contribution in [0.25, 0.3) is 5.95 Å². The number of nitrogens with two attached hydrogens (primary N) is 2. The van der Waals surface area contributed by atoms with E-state index < -0.39 is 0 Å². The standard InChI is InChI=1S/C10H14N6O/c1-2-3-6-4-9(17)14-10(13-6)16-8(12)5-7(11)15-16/h4-5H,2-3,12H2,1H3,(H2,11,15)(H,13,14,17). The molecular weight excluding hydrogens is 220 g/mol. The number of hydrogen-bond donors (Lipinski definition) is 3. The fourth-order valence-electron chi connectivity index (χ4n) is 1.56. The first-order chi connectivity index (χ1) is 8.10. The minimum absolute atomic E-state index is 0.230. The molecule has 0 atom stereocenters. The first-order valence-electron chi connectivity index (χ1n) is 5.31. The lowest BCUT2D eigenvalue weighted by Crippen LogP contribution is -2.16. The van der Waals surface area contributed by atoms with E-state index in [2.05, 4.69) is 15.1 Å². The summed E-state index contributed by atoms with van der Waals surface area (Å²) < 4.78 is 1.32. The molecule has 90 valence electrons. The van der Waals surface area contributed by atoms with E-state index in [-0.39, 0.29) is 17.3 Å². The molecule has 7 heteroatoms. The fourth-order valence-corrected chi connectivity index (χ4v) is 1.56. The fraction of sp³-hybridized carbons (Fsp3) is 0.300. The zero-order chi connectivity index (χ0) is 12.4. The van der Waals surface area contributed by atoms with Gasteiger partial charge >= 0.3 is 0 Å². The molecule has 0 aliphatic rings. The maximum absolute atomic E-state index is 11.5. The van der Waals surface area contributed by atoms with E-state index in [9.17, 15) is 4.79 Å². The molecule has 7 nitrogen and oxygen atoms in total. The molecule has 2 aromatic rings. The van der Waals surface area contributed by atoms with Crippen molar-refractivity contribution in [1.82, 2.24) is 19.7 Å². The second-order valence-corrected chi connectivity index (χ2v) is 3.72. The molecular formula is C10H14N6O. The van der Waals surface area contributed by atoms with E-state index in [0.29, 0.717) is 11.5 Å². The van der Waals surface area contributed by atoms with Crippen LogP contribution in [0.2, 0.25) is 0 Å². The average molecular weight is 234 g/mol. The largest absolute Gasteiger partial charge is 0.383 e. The monoisotopic (exact) mass is 234 g/mol. The molecule has 2 rings (SSSR count). The number of aryl methyl sites for hydroxylation is 1. The predicted octanol–water partition coefficient (Wildman–Crippen LogP) is 0.0725. The topological polar surface area (TPSA) is 116 Å². The molecule has 0 unspecified atom stereocenters. The normalized spacial score (nSPS) is 10.6. The van der Waals surface area contributed by atoms with Crippen LogP contribution in [0.1, 0.15) is 19.0 Å². The van der Waals surface area contributed by atoms with Crippen LogP contribution in [0.3, 0.4) is 0 Å². The van der Waals surface area contributed by atoms with Crippen molar-refractivity contribution in [1.29, 1.82) is 0 Å². The van der Waals surface area contributed by atoms with Crippen LogP contribution in [0.4, 0.5) is 11.6 Å². The second-order valence-electron chi connectivity index (χ2n) is 3.72. The molecule has 0 spiro atoms. The van der Waals surface area contributed by atoms with Gasteiger partial charge in [-0.2, -0.15) is 4.68 Å². The molecule has 0 aromatic carbocycles. The maximum Gasteiger partial charge on any atom is 0.252 e. The molecule has 0 bridgehead atoms. The lowest BCUT2D eigenvalue weighted by atomic mass is 10.2. The molecule has 0 aliphatic carbocycles. The van der Waals surface area contributed by atoms with Gasteiger partial charge in [0.2, 0.25) is 5.95 Å². The number of aromatic nitrogens is 4. The van der Waals surface area contributed by atoms with Crippen molar-refractivity contribution in [3.05, 3.63) is 28.2 Å². The van der Waals surface area contributed by atoms with Crippen LogP contribution in [0, 0.1) is 0 Å². The molecule has 0 radical (unpaired) electrons. The van der Waals surface area contributed by atoms with Gasteiger partial charge in [-0.15, -0.1) is 5.10 Å². The Kier molecular flexibility index (Phi) is 2.82. The molecule has 2 aromatic heterocycles. The van der Waals surface area contributed by atoms with Gasteiger partial charge in [0.05, 0.1) is 0 Å². The van der Waals surface area contributed by atoms with Gasteiger partial charge in [-0.25, -0.2) is 4.98 Å². The van der Waals surface area contributed by atoms with Gasteiger partial charge in [0.15, 0.2) is 0 Å². The summed E-state index contributed by atoms with van der Waals surface area (Å²) in [6.45, 7) is 2.02. The second kappa shape index (κ2) is 4.28. The number of aromatic amines is 1. The van der Waals surface area contributed by atoms with Crippen molar-refractivity contribution in [3.63, 3.8) is 0 Å². The quantitative estimate of drug-likeness (QED) is 0.695. The van der Waals surface area contributed by atoms with E-state index in [4.69, 9.17) is 11.5 Å². The van der Waals surface area contributed by atoms with Crippen molar-refractivity contribution in [2.24, 2.45) is 0 Å². The molecule has 5 N–H and O–H groups in total. The van der Waals surface area contributed by atoms with Crippen LogP contribution in [-0.4, -0.2) is 19.7 Å². The number of rotatable bonds is 3. The van der Waals surface area contributed by atoms with Gasteiger partial charge in [0, 0.05) is 17.8 Å². The van der Waals surface area contributed by atoms with E-state index in [1.54, 1.807) is 0 Å². The lowest BCUT2D eigenvalue weighted by Gasteiger charge is -2.04. The third kappa shape index (κ3) is 2.27. The van der Waals surface area contributed by atoms with E-state index in [0.717, 1.165) is 12.8 Å². The molecule has 0 fully saturated rings. The highest BCUT2D eigenvalue weighted by molar-refractivity contribution is 5.45. The van der Waals surface area contributed by atoms with Gasteiger partial charge in [-0.05, 0) is 6.42 Å². The SMILES string of the molecule is CCCc1cc(=O)[nH]c(-n2nc(N)cc2N)n1. The van der Waals surface area contributed by atoms with E-state index >= 15 is 0 Å². The summed E-state index contributed by atoms with van der Waals surface area (Å²) in [5, 5.41) is 3.96. The Bertz CT molecular complexity index is 585. The Labute approximate surface area is 97.5 Å². The van der Waals surface area contributed by atoms with Crippen LogP contribution in [0.5, 0.6) is 0 Å². The highest BCUT2D eigenvalue weighted by Gasteiger charge is 2.08. The van der Waals surface area contributed by atoms with Crippen molar-refractivity contribution in [2.45, 2.75) is 19.8 Å². The van der Waals surface area contributed by atoms with Gasteiger partial charge in [-0.3, -0.25) is 9.78 Å². The zero-order valence-electron chi connectivity index (χ0n) is 9.47. The minimum atomic E-state index is -0.230. The van der Waals surface area contributed by atoms with Crippen LogP contribution in [0.15, 0.2) is 16.9 Å². The molecule has 0 saturated carbocycles.